The molecule has 2 N–H and O–H groups in total. The molecule has 1 aliphatic heterocycles. The summed E-state index contributed by atoms with van der Waals surface area (Å²) in [5.74, 6) is -0.920. The molecule has 0 bridgehead atoms. The van der Waals surface area contributed by atoms with Crippen LogP contribution in [0.1, 0.15) is 18.4 Å². The summed E-state index contributed by atoms with van der Waals surface area (Å²) >= 11 is 2.18. The van der Waals surface area contributed by atoms with Crippen LogP contribution in [-0.4, -0.2) is 23.8 Å². The average Bonchev–Trinajstić information content (AvgIpc) is 2.33. The molecule has 0 saturated carbocycles. The molecule has 1 saturated heterocycles. The molecule has 5 nitrogen and oxygen atoms in total. The lowest BCUT2D eigenvalue weighted by Gasteiger charge is -2.21. The van der Waals surface area contributed by atoms with Gasteiger partial charge in [0.05, 0.1) is 6.42 Å². The van der Waals surface area contributed by atoms with Crippen molar-refractivity contribution in [3.8, 4) is 0 Å². The molecule has 0 spiro atoms. The van der Waals surface area contributed by atoms with Crippen LogP contribution >= 0.6 is 22.6 Å². The molecule has 1 aromatic carbocycles. The number of carbonyl (C=O) groups is 3. The van der Waals surface area contributed by atoms with Crippen molar-refractivity contribution in [2.75, 3.05) is 0 Å². The maximum absolute atomic E-state index is 11.8. The van der Waals surface area contributed by atoms with Crippen LogP contribution in [0.5, 0.6) is 0 Å². The zero-order chi connectivity index (χ0) is 13.8. The quantitative estimate of drug-likeness (QED) is 0.608. The number of rotatable bonds is 3. The number of benzene rings is 1. The summed E-state index contributed by atoms with van der Waals surface area (Å²) in [4.78, 5) is 34.3. The van der Waals surface area contributed by atoms with Crippen molar-refractivity contribution in [2.24, 2.45) is 0 Å². The first-order valence-corrected chi connectivity index (χ1v) is 7.00. The van der Waals surface area contributed by atoms with Crippen LogP contribution in [0.25, 0.3) is 0 Å². The minimum Gasteiger partial charge on any atom is -0.344 e. The summed E-state index contributed by atoms with van der Waals surface area (Å²) < 4.78 is 1.06. The van der Waals surface area contributed by atoms with Crippen molar-refractivity contribution in [2.45, 2.75) is 25.3 Å². The summed E-state index contributed by atoms with van der Waals surface area (Å²) in [6.45, 7) is 0. The van der Waals surface area contributed by atoms with E-state index >= 15 is 0 Å². The van der Waals surface area contributed by atoms with Crippen LogP contribution in [0.3, 0.4) is 0 Å². The highest BCUT2D eigenvalue weighted by Crippen LogP contribution is 2.09. The number of carbonyl (C=O) groups excluding carboxylic acids is 3. The first-order valence-electron chi connectivity index (χ1n) is 5.92. The molecule has 0 aliphatic carbocycles. The average molecular weight is 372 g/mol. The van der Waals surface area contributed by atoms with E-state index in [0.29, 0.717) is 6.42 Å². The van der Waals surface area contributed by atoms with Gasteiger partial charge in [-0.3, -0.25) is 19.7 Å². The Hall–Kier alpha value is -1.44. The van der Waals surface area contributed by atoms with Crippen LogP contribution in [0.15, 0.2) is 24.3 Å². The van der Waals surface area contributed by atoms with Gasteiger partial charge in [-0.2, -0.15) is 0 Å². The Kier molecular flexibility index (Phi) is 4.52. The van der Waals surface area contributed by atoms with E-state index in [0.717, 1.165) is 9.13 Å². The summed E-state index contributed by atoms with van der Waals surface area (Å²) in [5, 5.41) is 4.87. The Labute approximate surface area is 124 Å². The van der Waals surface area contributed by atoms with Crippen molar-refractivity contribution in [1.29, 1.82) is 0 Å². The van der Waals surface area contributed by atoms with Crippen molar-refractivity contribution in [3.05, 3.63) is 33.4 Å². The SMILES string of the molecule is O=C1CCC(NC(=O)Cc2cccc(I)c2)C(=O)N1. The van der Waals surface area contributed by atoms with Crippen LogP contribution in [0, 0.1) is 3.57 Å². The maximum atomic E-state index is 11.8. The molecule has 2 rings (SSSR count). The van der Waals surface area contributed by atoms with E-state index in [2.05, 4.69) is 33.2 Å². The molecule has 1 atom stereocenters. The number of hydrogen-bond donors (Lipinski definition) is 2. The molecular formula is C13H13IN2O3. The van der Waals surface area contributed by atoms with E-state index < -0.39 is 11.9 Å². The Morgan fingerprint density at radius 3 is 2.89 bits per heavy atom. The van der Waals surface area contributed by atoms with E-state index in [9.17, 15) is 14.4 Å². The second-order valence-corrected chi connectivity index (χ2v) is 5.62. The van der Waals surface area contributed by atoms with Crippen molar-refractivity contribution >= 4 is 40.3 Å². The molecular weight excluding hydrogens is 359 g/mol. The van der Waals surface area contributed by atoms with Gasteiger partial charge in [-0.15, -0.1) is 0 Å². The molecule has 1 aromatic rings. The lowest BCUT2D eigenvalue weighted by atomic mass is 10.1. The number of amides is 3. The fourth-order valence-electron chi connectivity index (χ4n) is 1.91. The summed E-state index contributed by atoms with van der Waals surface area (Å²) in [6.07, 6.45) is 0.858. The Bertz CT molecular complexity index is 530. The lowest BCUT2D eigenvalue weighted by molar-refractivity contribution is -0.137. The molecule has 1 fully saturated rings. The number of piperidine rings is 1. The second kappa shape index (κ2) is 6.14. The first-order chi connectivity index (χ1) is 9.04. The van der Waals surface area contributed by atoms with Gasteiger partial charge >= 0.3 is 0 Å². The Morgan fingerprint density at radius 1 is 1.42 bits per heavy atom. The number of halogens is 1. The summed E-state index contributed by atoms with van der Waals surface area (Å²) in [5.41, 5.74) is 0.900. The summed E-state index contributed by atoms with van der Waals surface area (Å²) in [7, 11) is 0. The van der Waals surface area contributed by atoms with Crippen LogP contribution in [-0.2, 0) is 20.8 Å². The zero-order valence-electron chi connectivity index (χ0n) is 10.1. The Morgan fingerprint density at radius 2 is 2.21 bits per heavy atom. The van der Waals surface area contributed by atoms with Gasteiger partial charge in [0.15, 0.2) is 0 Å². The minimum absolute atomic E-state index is 0.212. The molecule has 100 valence electrons. The normalized spacial score (nSPS) is 18.9. The molecule has 0 aromatic heterocycles. The monoisotopic (exact) mass is 372 g/mol. The van der Waals surface area contributed by atoms with Gasteiger partial charge in [-0.1, -0.05) is 12.1 Å². The maximum Gasteiger partial charge on any atom is 0.249 e. The molecule has 19 heavy (non-hydrogen) atoms. The van der Waals surface area contributed by atoms with E-state index in [4.69, 9.17) is 0 Å². The topological polar surface area (TPSA) is 75.3 Å². The molecule has 1 unspecified atom stereocenters. The van der Waals surface area contributed by atoms with Gasteiger partial charge in [-0.25, -0.2) is 0 Å². The van der Waals surface area contributed by atoms with E-state index in [1.807, 2.05) is 24.3 Å². The summed E-state index contributed by atoms with van der Waals surface area (Å²) in [6, 6.07) is 7.02. The van der Waals surface area contributed by atoms with Gasteiger partial charge in [0, 0.05) is 9.99 Å². The molecule has 0 radical (unpaired) electrons. The zero-order valence-corrected chi connectivity index (χ0v) is 12.3. The van der Waals surface area contributed by atoms with Gasteiger partial charge in [0.2, 0.25) is 17.7 Å². The Balaban J connectivity index is 1.91. The van der Waals surface area contributed by atoms with Crippen molar-refractivity contribution in [1.82, 2.24) is 10.6 Å². The smallest absolute Gasteiger partial charge is 0.249 e. The van der Waals surface area contributed by atoms with Crippen molar-refractivity contribution in [3.63, 3.8) is 0 Å². The standard InChI is InChI=1S/C13H13IN2O3/c14-9-3-1-2-8(6-9)7-12(18)15-10-4-5-11(17)16-13(10)19/h1-3,6,10H,4-5,7H2,(H,15,18)(H,16,17,19). The number of hydrogen-bond acceptors (Lipinski definition) is 3. The molecule has 1 aliphatic rings. The number of imide groups is 1. The third-order valence-electron chi connectivity index (χ3n) is 2.83. The van der Waals surface area contributed by atoms with E-state index in [1.165, 1.54) is 0 Å². The van der Waals surface area contributed by atoms with E-state index in [-0.39, 0.29) is 24.7 Å². The fourth-order valence-corrected chi connectivity index (χ4v) is 2.52. The van der Waals surface area contributed by atoms with Gasteiger partial charge in [0.25, 0.3) is 0 Å². The second-order valence-electron chi connectivity index (χ2n) is 4.38. The number of nitrogens with one attached hydrogen (secondary N) is 2. The van der Waals surface area contributed by atoms with Gasteiger partial charge < -0.3 is 5.32 Å². The largest absolute Gasteiger partial charge is 0.344 e. The third kappa shape index (κ3) is 4.02. The third-order valence-corrected chi connectivity index (χ3v) is 3.50. The predicted octanol–water partition coefficient (Wildman–Crippen LogP) is 0.755. The van der Waals surface area contributed by atoms with Gasteiger partial charge in [0.1, 0.15) is 6.04 Å². The molecule has 6 heteroatoms. The van der Waals surface area contributed by atoms with Crippen molar-refractivity contribution < 1.29 is 14.4 Å². The van der Waals surface area contributed by atoms with Crippen LogP contribution in [0.2, 0.25) is 0 Å². The highest BCUT2D eigenvalue weighted by Gasteiger charge is 2.27. The first kappa shape index (κ1) is 14.0. The highest BCUT2D eigenvalue weighted by atomic mass is 127. The predicted molar refractivity (Wildman–Crippen MR) is 77.2 cm³/mol. The highest BCUT2D eigenvalue weighted by molar-refractivity contribution is 14.1. The van der Waals surface area contributed by atoms with Crippen LogP contribution < -0.4 is 10.6 Å². The molecule has 3 amide bonds. The minimum atomic E-state index is -0.604. The van der Waals surface area contributed by atoms with Crippen LogP contribution in [0.4, 0.5) is 0 Å². The molecule has 1 heterocycles. The fraction of sp³-hybridized carbons (Fsp3) is 0.308. The lowest BCUT2D eigenvalue weighted by Crippen LogP contribution is -2.52. The van der Waals surface area contributed by atoms with E-state index in [1.54, 1.807) is 0 Å². The van der Waals surface area contributed by atoms with Gasteiger partial charge in [-0.05, 0) is 46.7 Å².